The molecule has 18 heavy (non-hydrogen) atoms. The number of nitrogens with zero attached hydrogens (tertiary/aromatic N) is 1. The zero-order valence-corrected chi connectivity index (χ0v) is 11.8. The molecule has 1 heterocycles. The van der Waals surface area contributed by atoms with Gasteiger partial charge in [-0.1, -0.05) is 38.4 Å². The second-order valence-electron chi connectivity index (χ2n) is 5.02. The van der Waals surface area contributed by atoms with Crippen LogP contribution in [0.1, 0.15) is 26.3 Å². The largest absolute Gasteiger partial charge is 0.289 e. The van der Waals surface area contributed by atoms with Gasteiger partial charge in [0.1, 0.15) is 0 Å². The van der Waals surface area contributed by atoms with E-state index in [1.165, 1.54) is 0 Å². The van der Waals surface area contributed by atoms with Crippen molar-refractivity contribution in [3.8, 4) is 0 Å². The lowest BCUT2D eigenvalue weighted by molar-refractivity contribution is 0.570. The second kappa shape index (κ2) is 4.53. The average molecular weight is 288 g/mol. The summed E-state index contributed by atoms with van der Waals surface area (Å²) in [6.07, 6.45) is 0. The van der Waals surface area contributed by atoms with Crippen LogP contribution in [0, 0.1) is 0 Å². The molecular formula is C11H14ClN3O2S. The molecule has 0 amide bonds. The van der Waals surface area contributed by atoms with Crippen LogP contribution >= 0.6 is 11.6 Å². The molecule has 1 unspecified atom stereocenters. The maximum absolute atomic E-state index is 10.8. The molecule has 0 saturated carbocycles. The number of halogens is 1. The Bertz CT molecular complexity index is 619. The van der Waals surface area contributed by atoms with Gasteiger partial charge in [0.05, 0.1) is 15.9 Å². The van der Waals surface area contributed by atoms with Crippen molar-refractivity contribution >= 4 is 39.6 Å². The molecule has 1 aromatic carbocycles. The van der Waals surface area contributed by atoms with E-state index in [9.17, 15) is 4.21 Å². The number of hydrogen-bond donors (Lipinski definition) is 3. The highest BCUT2D eigenvalue weighted by molar-refractivity contribution is 7.80. The van der Waals surface area contributed by atoms with Gasteiger partial charge in [0.15, 0.2) is 5.82 Å². The highest BCUT2D eigenvalue weighted by Gasteiger charge is 2.21. The molecule has 0 aliphatic heterocycles. The molecule has 1 aromatic heterocycles. The molecule has 1 atom stereocenters. The van der Waals surface area contributed by atoms with Crippen LogP contribution in [0.5, 0.6) is 0 Å². The predicted molar refractivity (Wildman–Crippen MR) is 74.2 cm³/mol. The summed E-state index contributed by atoms with van der Waals surface area (Å²) >= 11 is 3.95. The average Bonchev–Trinajstić information content (AvgIpc) is 2.60. The molecule has 0 bridgehead atoms. The molecule has 0 aliphatic carbocycles. The fraction of sp³-hybridized carbons (Fsp3) is 0.364. The van der Waals surface area contributed by atoms with Crippen molar-refractivity contribution in [2.45, 2.75) is 26.2 Å². The minimum absolute atomic E-state index is 0.0784. The quantitative estimate of drug-likeness (QED) is 0.743. The van der Waals surface area contributed by atoms with Crippen LogP contribution < -0.4 is 4.72 Å². The Morgan fingerprint density at radius 3 is 2.67 bits per heavy atom. The van der Waals surface area contributed by atoms with Gasteiger partial charge in [0.25, 0.3) is 11.3 Å². The van der Waals surface area contributed by atoms with Crippen LogP contribution in [0.25, 0.3) is 10.9 Å². The minimum atomic E-state index is -2.18. The normalized spacial score (nSPS) is 13.8. The van der Waals surface area contributed by atoms with Gasteiger partial charge in [-0.15, -0.1) is 0 Å². The standard InChI is InChI=1S/C11H14ClN3O2S/c1-11(2,3)6-4-5-7(12)8-9(6)13-14-10(8)15-18(16)17/h4-5H,1-3H3,(H,16,17)(H2,13,14,15). The molecule has 5 nitrogen and oxygen atoms in total. The maximum Gasteiger partial charge on any atom is 0.260 e. The molecule has 0 saturated heterocycles. The number of anilines is 1. The van der Waals surface area contributed by atoms with Crippen LogP contribution in [0.15, 0.2) is 12.1 Å². The molecule has 3 N–H and O–H groups in total. The van der Waals surface area contributed by atoms with E-state index >= 15 is 0 Å². The second-order valence-corrected chi connectivity index (χ2v) is 6.13. The summed E-state index contributed by atoms with van der Waals surface area (Å²) in [7, 11) is 0. The van der Waals surface area contributed by atoms with E-state index in [1.54, 1.807) is 6.07 Å². The monoisotopic (exact) mass is 287 g/mol. The third-order valence-corrected chi connectivity index (χ3v) is 3.35. The van der Waals surface area contributed by atoms with Crippen molar-refractivity contribution in [1.29, 1.82) is 0 Å². The third kappa shape index (κ3) is 2.36. The Balaban J connectivity index is 2.71. The van der Waals surface area contributed by atoms with Gasteiger partial charge in [0, 0.05) is 0 Å². The van der Waals surface area contributed by atoms with Crippen molar-refractivity contribution in [2.24, 2.45) is 0 Å². The maximum atomic E-state index is 10.8. The minimum Gasteiger partial charge on any atom is -0.289 e. The van der Waals surface area contributed by atoms with E-state index < -0.39 is 11.3 Å². The van der Waals surface area contributed by atoms with E-state index in [0.717, 1.165) is 11.1 Å². The van der Waals surface area contributed by atoms with Gasteiger partial charge < -0.3 is 0 Å². The third-order valence-electron chi connectivity index (χ3n) is 2.66. The number of rotatable bonds is 2. The number of nitrogens with one attached hydrogen (secondary N) is 2. The first-order valence-electron chi connectivity index (χ1n) is 5.35. The fourth-order valence-electron chi connectivity index (χ4n) is 1.87. The van der Waals surface area contributed by atoms with E-state index in [1.807, 2.05) is 6.07 Å². The van der Waals surface area contributed by atoms with Gasteiger partial charge in [-0.2, -0.15) is 5.10 Å². The molecule has 98 valence electrons. The Hall–Kier alpha value is -1.11. The fourth-order valence-corrected chi connectivity index (χ4v) is 2.43. The van der Waals surface area contributed by atoms with Gasteiger partial charge in [-0.05, 0) is 17.0 Å². The lowest BCUT2D eigenvalue weighted by Crippen LogP contribution is -2.11. The first-order chi connectivity index (χ1) is 8.30. The summed E-state index contributed by atoms with van der Waals surface area (Å²) in [6.45, 7) is 6.23. The Kier molecular flexibility index (Phi) is 3.35. The number of fused-ring (bicyclic) bond motifs is 1. The van der Waals surface area contributed by atoms with Crippen molar-refractivity contribution in [1.82, 2.24) is 10.2 Å². The van der Waals surface area contributed by atoms with Crippen LogP contribution in [0.3, 0.4) is 0 Å². The Morgan fingerprint density at radius 2 is 2.11 bits per heavy atom. The first-order valence-corrected chi connectivity index (χ1v) is 6.83. The molecule has 0 fully saturated rings. The summed E-state index contributed by atoms with van der Waals surface area (Å²) in [5.41, 5.74) is 1.75. The molecule has 0 radical (unpaired) electrons. The van der Waals surface area contributed by atoms with Gasteiger partial charge >= 0.3 is 0 Å². The van der Waals surface area contributed by atoms with Crippen LogP contribution in [0.4, 0.5) is 5.82 Å². The molecule has 2 aromatic rings. The zero-order chi connectivity index (χ0) is 13.5. The highest BCUT2D eigenvalue weighted by atomic mass is 35.5. The first kappa shape index (κ1) is 13.3. The van der Waals surface area contributed by atoms with Crippen molar-refractivity contribution < 1.29 is 8.76 Å². The van der Waals surface area contributed by atoms with Crippen molar-refractivity contribution in [3.63, 3.8) is 0 Å². The molecule has 0 aliphatic rings. The predicted octanol–water partition coefficient (Wildman–Crippen LogP) is 3.06. The van der Waals surface area contributed by atoms with Crippen LogP contribution in [-0.4, -0.2) is 19.0 Å². The van der Waals surface area contributed by atoms with E-state index in [4.69, 9.17) is 16.2 Å². The van der Waals surface area contributed by atoms with Crippen molar-refractivity contribution in [2.75, 3.05) is 4.72 Å². The van der Waals surface area contributed by atoms with Gasteiger partial charge in [-0.3, -0.25) is 14.4 Å². The summed E-state index contributed by atoms with van der Waals surface area (Å²) in [5, 5.41) is 7.98. The van der Waals surface area contributed by atoms with Crippen LogP contribution in [-0.2, 0) is 16.7 Å². The number of H-pyrrole nitrogens is 1. The van der Waals surface area contributed by atoms with Gasteiger partial charge in [0.2, 0.25) is 0 Å². The Morgan fingerprint density at radius 1 is 1.44 bits per heavy atom. The number of benzene rings is 1. The van der Waals surface area contributed by atoms with Gasteiger partial charge in [-0.25, -0.2) is 4.21 Å². The van der Waals surface area contributed by atoms with E-state index in [2.05, 4.69) is 35.7 Å². The summed E-state index contributed by atoms with van der Waals surface area (Å²) in [4.78, 5) is 0. The van der Waals surface area contributed by atoms with Crippen LogP contribution in [0.2, 0.25) is 5.02 Å². The summed E-state index contributed by atoms with van der Waals surface area (Å²) in [6, 6.07) is 3.70. The lowest BCUT2D eigenvalue weighted by atomic mass is 9.86. The SMILES string of the molecule is CC(C)(C)c1ccc(Cl)c2c(NS(=O)O)n[nH]c12. The summed E-state index contributed by atoms with van der Waals surface area (Å²) in [5.74, 6) is 0.280. The van der Waals surface area contributed by atoms with Crippen molar-refractivity contribution in [3.05, 3.63) is 22.7 Å². The molecular weight excluding hydrogens is 274 g/mol. The smallest absolute Gasteiger partial charge is 0.260 e. The van der Waals surface area contributed by atoms with E-state index in [0.29, 0.717) is 10.4 Å². The Labute approximate surface area is 112 Å². The lowest BCUT2D eigenvalue weighted by Gasteiger charge is -2.19. The molecule has 7 heteroatoms. The van der Waals surface area contributed by atoms with E-state index in [-0.39, 0.29) is 11.2 Å². The highest BCUT2D eigenvalue weighted by Crippen LogP contribution is 2.36. The number of aromatic nitrogens is 2. The number of aromatic amines is 1. The molecule has 2 rings (SSSR count). The summed E-state index contributed by atoms with van der Waals surface area (Å²) < 4.78 is 22.0. The number of hydrogen-bond acceptors (Lipinski definition) is 2. The molecule has 0 spiro atoms. The topological polar surface area (TPSA) is 78.0 Å². The zero-order valence-electron chi connectivity index (χ0n) is 10.2.